The van der Waals surface area contributed by atoms with Crippen molar-refractivity contribution in [1.82, 2.24) is 4.90 Å². The number of hydrogen-bond acceptors (Lipinski definition) is 5. The summed E-state index contributed by atoms with van der Waals surface area (Å²) in [5.74, 6) is 0.00849. The maximum atomic E-state index is 11.7. The quantitative estimate of drug-likeness (QED) is 0.813. The zero-order chi connectivity index (χ0) is 20.1. The maximum Gasteiger partial charge on any atom is 0.336 e. The van der Waals surface area contributed by atoms with Gasteiger partial charge in [-0.25, -0.2) is 4.79 Å². The first kappa shape index (κ1) is 19.8. The van der Waals surface area contributed by atoms with Crippen molar-refractivity contribution >= 4 is 17.6 Å². The third-order valence-corrected chi connectivity index (χ3v) is 6.97. The van der Waals surface area contributed by atoms with Crippen molar-refractivity contribution in [3.8, 4) is 11.5 Å². The van der Waals surface area contributed by atoms with Crippen molar-refractivity contribution in [2.75, 3.05) is 32.8 Å². The van der Waals surface area contributed by atoms with E-state index < -0.39 is 11.8 Å². The molecular formula is C21H28ClNO5. The first-order valence-corrected chi connectivity index (χ1v) is 10.4. The summed E-state index contributed by atoms with van der Waals surface area (Å²) < 4.78 is 18.0. The molecule has 0 bridgehead atoms. The fourth-order valence-electron chi connectivity index (χ4n) is 4.80. The zero-order valence-corrected chi connectivity index (χ0v) is 17.5. The molecule has 0 amide bonds. The molecule has 7 heteroatoms. The molecule has 0 radical (unpaired) electrons. The summed E-state index contributed by atoms with van der Waals surface area (Å²) in [7, 11) is 0. The monoisotopic (exact) mass is 409 g/mol. The van der Waals surface area contributed by atoms with E-state index in [0.29, 0.717) is 33.6 Å². The van der Waals surface area contributed by atoms with Gasteiger partial charge in [0.25, 0.3) is 5.79 Å². The van der Waals surface area contributed by atoms with Gasteiger partial charge in [0.1, 0.15) is 0 Å². The number of nitrogens with zero attached hydrogens (tertiary/aromatic N) is 1. The lowest BCUT2D eigenvalue weighted by molar-refractivity contribution is -0.125. The van der Waals surface area contributed by atoms with Crippen LogP contribution < -0.4 is 9.47 Å². The lowest BCUT2D eigenvalue weighted by atomic mass is 9.88. The molecule has 0 spiro atoms. The maximum absolute atomic E-state index is 11.7. The second kappa shape index (κ2) is 7.39. The Labute approximate surface area is 170 Å². The molecule has 2 fully saturated rings. The minimum absolute atomic E-state index is 0.199. The number of piperidine rings is 1. The predicted octanol–water partition coefficient (Wildman–Crippen LogP) is 3.89. The highest BCUT2D eigenvalue weighted by atomic mass is 35.5. The number of ether oxygens (including phenoxy) is 3. The minimum atomic E-state index is -0.999. The number of halogens is 1. The van der Waals surface area contributed by atoms with Crippen molar-refractivity contribution in [2.45, 2.75) is 45.8 Å². The second-order valence-electron chi connectivity index (χ2n) is 8.43. The molecule has 1 aromatic rings. The third-order valence-electron chi connectivity index (χ3n) is 6.52. The minimum Gasteiger partial charge on any atom is -0.478 e. The van der Waals surface area contributed by atoms with E-state index in [1.807, 2.05) is 6.92 Å². The SMILES string of the molecule is Cc1c(Cl)c2c(c(C)c1C(=O)O)OC(C)(C1CCN(CC3CCOC3)CC1)O2. The number of aromatic carboxylic acids is 1. The molecule has 3 heterocycles. The van der Waals surface area contributed by atoms with Gasteiger partial charge in [0.2, 0.25) is 0 Å². The zero-order valence-electron chi connectivity index (χ0n) is 16.7. The van der Waals surface area contributed by atoms with E-state index in [-0.39, 0.29) is 11.5 Å². The van der Waals surface area contributed by atoms with Crippen LogP contribution in [0.5, 0.6) is 11.5 Å². The second-order valence-corrected chi connectivity index (χ2v) is 8.80. The Balaban J connectivity index is 1.48. The molecule has 1 aromatic carbocycles. The van der Waals surface area contributed by atoms with Gasteiger partial charge in [0.05, 0.1) is 17.2 Å². The molecule has 4 rings (SSSR count). The molecule has 3 aliphatic rings. The summed E-state index contributed by atoms with van der Waals surface area (Å²) in [4.78, 5) is 14.2. The highest BCUT2D eigenvalue weighted by Gasteiger charge is 2.47. The fourth-order valence-corrected chi connectivity index (χ4v) is 5.02. The van der Waals surface area contributed by atoms with Crippen molar-refractivity contribution in [3.05, 3.63) is 21.7 Å². The molecule has 2 unspecified atom stereocenters. The standard InChI is InChI=1S/C21H28ClNO5/c1-12-16(20(24)25)13(2)18-19(17(12)22)28-21(3,27-18)15-4-7-23(8-5-15)10-14-6-9-26-11-14/h14-15H,4-11H2,1-3H3,(H,24,25). The van der Waals surface area contributed by atoms with Crippen LogP contribution in [0.3, 0.4) is 0 Å². The Morgan fingerprint density at radius 2 is 1.86 bits per heavy atom. The first-order valence-electron chi connectivity index (χ1n) is 10.0. The van der Waals surface area contributed by atoms with E-state index >= 15 is 0 Å². The van der Waals surface area contributed by atoms with E-state index in [0.717, 1.165) is 52.1 Å². The Bertz CT molecular complexity index is 784. The molecule has 1 N–H and O–H groups in total. The van der Waals surface area contributed by atoms with E-state index in [1.165, 1.54) is 0 Å². The van der Waals surface area contributed by atoms with Gasteiger partial charge in [0, 0.05) is 31.6 Å². The molecule has 0 saturated carbocycles. The van der Waals surface area contributed by atoms with Crippen LogP contribution in [0.15, 0.2) is 0 Å². The van der Waals surface area contributed by atoms with Gasteiger partial charge in [-0.3, -0.25) is 0 Å². The summed E-state index contributed by atoms with van der Waals surface area (Å²) in [5.41, 5.74) is 1.30. The predicted molar refractivity (Wildman–Crippen MR) is 106 cm³/mol. The lowest BCUT2D eigenvalue weighted by Gasteiger charge is -2.39. The van der Waals surface area contributed by atoms with Crippen molar-refractivity contribution in [2.24, 2.45) is 11.8 Å². The van der Waals surface area contributed by atoms with Crippen molar-refractivity contribution in [1.29, 1.82) is 0 Å². The van der Waals surface area contributed by atoms with Crippen LogP contribution in [-0.2, 0) is 4.74 Å². The normalized spacial score (nSPS) is 28.1. The number of carboxylic acids is 1. The van der Waals surface area contributed by atoms with Crippen LogP contribution in [0, 0.1) is 25.7 Å². The molecule has 6 nitrogen and oxygen atoms in total. The Morgan fingerprint density at radius 3 is 2.46 bits per heavy atom. The summed E-state index contributed by atoms with van der Waals surface area (Å²) in [5, 5.41) is 9.89. The molecule has 2 atom stereocenters. The number of benzene rings is 1. The number of likely N-dealkylation sites (tertiary alicyclic amines) is 1. The Kier molecular flexibility index (Phi) is 5.23. The van der Waals surface area contributed by atoms with Crippen LogP contribution in [0.1, 0.15) is 47.7 Å². The number of carbonyl (C=O) groups is 1. The topological polar surface area (TPSA) is 68.2 Å². The molecule has 154 valence electrons. The van der Waals surface area contributed by atoms with E-state index in [4.69, 9.17) is 25.8 Å². The van der Waals surface area contributed by atoms with Gasteiger partial charge >= 0.3 is 5.97 Å². The summed E-state index contributed by atoms with van der Waals surface area (Å²) in [6.45, 7) is 10.3. The van der Waals surface area contributed by atoms with Gasteiger partial charge in [-0.1, -0.05) is 11.6 Å². The van der Waals surface area contributed by atoms with Crippen molar-refractivity contribution in [3.63, 3.8) is 0 Å². The highest BCUT2D eigenvalue weighted by Crippen LogP contribution is 2.52. The van der Waals surface area contributed by atoms with Crippen LogP contribution in [0.4, 0.5) is 0 Å². The molecule has 0 aromatic heterocycles. The van der Waals surface area contributed by atoms with E-state index in [2.05, 4.69) is 4.90 Å². The van der Waals surface area contributed by atoms with Crippen molar-refractivity contribution < 1.29 is 24.1 Å². The number of hydrogen-bond donors (Lipinski definition) is 1. The Morgan fingerprint density at radius 1 is 1.18 bits per heavy atom. The molecule has 3 aliphatic heterocycles. The summed E-state index contributed by atoms with van der Waals surface area (Å²) >= 11 is 6.46. The molecule has 2 saturated heterocycles. The smallest absolute Gasteiger partial charge is 0.336 e. The van der Waals surface area contributed by atoms with Crippen LogP contribution in [0.2, 0.25) is 5.02 Å². The molecule has 0 aliphatic carbocycles. The van der Waals surface area contributed by atoms with Gasteiger partial charge in [-0.15, -0.1) is 0 Å². The summed E-state index contributed by atoms with van der Waals surface area (Å²) in [6.07, 6.45) is 3.10. The third kappa shape index (κ3) is 3.36. The van der Waals surface area contributed by atoms with Crippen LogP contribution in [0.25, 0.3) is 0 Å². The van der Waals surface area contributed by atoms with Gasteiger partial charge in [0.15, 0.2) is 11.5 Å². The largest absolute Gasteiger partial charge is 0.478 e. The average molecular weight is 410 g/mol. The average Bonchev–Trinajstić information content (AvgIpc) is 3.29. The molecule has 28 heavy (non-hydrogen) atoms. The number of carboxylic acid groups (broad SMARTS) is 1. The first-order chi connectivity index (χ1) is 13.3. The van der Waals surface area contributed by atoms with Gasteiger partial charge in [-0.2, -0.15) is 0 Å². The molecular weight excluding hydrogens is 382 g/mol. The van der Waals surface area contributed by atoms with E-state index in [1.54, 1.807) is 13.8 Å². The van der Waals surface area contributed by atoms with Crippen LogP contribution >= 0.6 is 11.6 Å². The highest BCUT2D eigenvalue weighted by molar-refractivity contribution is 6.33. The Hall–Kier alpha value is -1.50. The van der Waals surface area contributed by atoms with Crippen LogP contribution in [-0.4, -0.2) is 54.6 Å². The number of fused-ring (bicyclic) bond motifs is 1. The van der Waals surface area contributed by atoms with Gasteiger partial charge < -0.3 is 24.2 Å². The van der Waals surface area contributed by atoms with E-state index in [9.17, 15) is 9.90 Å². The fraction of sp³-hybridized carbons (Fsp3) is 0.667. The number of rotatable bonds is 4. The lowest BCUT2D eigenvalue weighted by Crippen LogP contribution is -2.49. The van der Waals surface area contributed by atoms with Gasteiger partial charge in [-0.05, 0) is 57.7 Å². The summed E-state index contributed by atoms with van der Waals surface area (Å²) in [6, 6.07) is 0.